The summed E-state index contributed by atoms with van der Waals surface area (Å²) in [5, 5.41) is 21.9. The van der Waals surface area contributed by atoms with Gasteiger partial charge in [0.1, 0.15) is 5.56 Å². The van der Waals surface area contributed by atoms with E-state index in [4.69, 9.17) is 0 Å². The lowest BCUT2D eigenvalue weighted by molar-refractivity contribution is -0.422. The van der Waals surface area contributed by atoms with Crippen molar-refractivity contribution in [2.24, 2.45) is 0 Å². The van der Waals surface area contributed by atoms with Gasteiger partial charge >= 0.3 is 11.4 Å². The molecule has 0 aliphatic carbocycles. The number of hydrogen-bond donors (Lipinski definition) is 0. The summed E-state index contributed by atoms with van der Waals surface area (Å²) >= 11 is 0. The lowest BCUT2D eigenvalue weighted by atomic mass is 10.0. The summed E-state index contributed by atoms with van der Waals surface area (Å²) in [6.07, 6.45) is 0. The predicted octanol–water partition coefficient (Wildman–Crippen LogP) is 2.73. The Bertz CT molecular complexity index is 697. The van der Waals surface area contributed by atoms with Crippen LogP contribution in [-0.2, 0) is 0 Å². The zero-order chi connectivity index (χ0) is 14.7. The van der Waals surface area contributed by atoms with Gasteiger partial charge in [-0.2, -0.15) is 0 Å². The molecule has 0 atom stereocenters. The van der Waals surface area contributed by atoms with Crippen molar-refractivity contribution in [3.05, 3.63) is 79.9 Å². The number of para-hydroxylation sites is 1. The van der Waals surface area contributed by atoms with Crippen LogP contribution in [0, 0.1) is 20.2 Å². The lowest BCUT2D eigenvalue weighted by Crippen LogP contribution is -2.07. The number of hydrogen-bond acceptors (Lipinski definition) is 5. The fourth-order valence-corrected chi connectivity index (χ4v) is 1.80. The molecule has 0 amide bonds. The molecule has 2 aromatic rings. The molecular weight excluding hydrogens is 264 g/mol. The Balaban J connectivity index is 2.63. The third-order valence-electron chi connectivity index (χ3n) is 2.67. The first-order valence-electron chi connectivity index (χ1n) is 5.54. The Kier molecular flexibility index (Phi) is 3.52. The van der Waals surface area contributed by atoms with E-state index in [1.54, 1.807) is 18.2 Å². The van der Waals surface area contributed by atoms with Crippen LogP contribution in [-0.4, -0.2) is 15.6 Å². The van der Waals surface area contributed by atoms with Gasteiger partial charge in [0.05, 0.1) is 9.85 Å². The normalized spacial score (nSPS) is 10.0. The zero-order valence-corrected chi connectivity index (χ0v) is 10.1. The van der Waals surface area contributed by atoms with Crippen LogP contribution < -0.4 is 0 Å². The van der Waals surface area contributed by atoms with Crippen molar-refractivity contribution in [3.63, 3.8) is 0 Å². The van der Waals surface area contributed by atoms with E-state index in [9.17, 15) is 25.0 Å². The van der Waals surface area contributed by atoms with Crippen molar-refractivity contribution in [2.45, 2.75) is 0 Å². The fourth-order valence-electron chi connectivity index (χ4n) is 1.80. The number of carbonyl (C=O) groups excluding carboxylic acids is 1. The van der Waals surface area contributed by atoms with Crippen LogP contribution in [0.4, 0.5) is 11.4 Å². The summed E-state index contributed by atoms with van der Waals surface area (Å²) in [5.74, 6) is -0.624. The molecular formula is C13H8N2O5. The molecule has 0 heterocycles. The highest BCUT2D eigenvalue weighted by molar-refractivity contribution is 6.12. The average molecular weight is 272 g/mol. The highest BCUT2D eigenvalue weighted by Gasteiger charge is 2.31. The van der Waals surface area contributed by atoms with E-state index < -0.39 is 27.0 Å². The summed E-state index contributed by atoms with van der Waals surface area (Å²) < 4.78 is 0. The molecule has 0 saturated carbocycles. The number of nitro groups is 2. The molecule has 0 saturated heterocycles. The molecule has 0 fully saturated rings. The Morgan fingerprint density at radius 2 is 1.50 bits per heavy atom. The van der Waals surface area contributed by atoms with Gasteiger partial charge in [-0.15, -0.1) is 0 Å². The van der Waals surface area contributed by atoms with Gasteiger partial charge in [-0.25, -0.2) is 0 Å². The van der Waals surface area contributed by atoms with Gasteiger partial charge in [-0.3, -0.25) is 25.0 Å². The first kappa shape index (κ1) is 13.3. The van der Waals surface area contributed by atoms with Crippen molar-refractivity contribution in [3.8, 4) is 0 Å². The van der Waals surface area contributed by atoms with Crippen LogP contribution in [0.3, 0.4) is 0 Å². The van der Waals surface area contributed by atoms with E-state index in [1.165, 1.54) is 24.3 Å². The molecule has 0 aromatic heterocycles. The maximum atomic E-state index is 12.2. The molecule has 0 radical (unpaired) electrons. The topological polar surface area (TPSA) is 103 Å². The molecule has 0 spiro atoms. The average Bonchev–Trinajstić information content (AvgIpc) is 2.46. The minimum atomic E-state index is -0.908. The van der Waals surface area contributed by atoms with Crippen molar-refractivity contribution in [1.29, 1.82) is 0 Å². The van der Waals surface area contributed by atoms with Gasteiger partial charge in [-0.05, 0) is 6.07 Å². The fraction of sp³-hybridized carbons (Fsp3) is 0. The third-order valence-corrected chi connectivity index (χ3v) is 2.67. The summed E-state index contributed by atoms with van der Waals surface area (Å²) in [7, 11) is 0. The quantitative estimate of drug-likeness (QED) is 0.483. The number of nitrogens with zero attached hydrogens (tertiary/aromatic N) is 2. The van der Waals surface area contributed by atoms with Gasteiger partial charge in [0.25, 0.3) is 0 Å². The Hall–Kier alpha value is -3.09. The number of carbonyl (C=O) groups is 1. The van der Waals surface area contributed by atoms with E-state index in [1.807, 2.05) is 0 Å². The molecule has 7 nitrogen and oxygen atoms in total. The molecule has 100 valence electrons. The molecule has 20 heavy (non-hydrogen) atoms. The number of benzene rings is 2. The van der Waals surface area contributed by atoms with Gasteiger partial charge in [0.2, 0.25) is 0 Å². The molecule has 2 aromatic carbocycles. The maximum Gasteiger partial charge on any atom is 0.357 e. The van der Waals surface area contributed by atoms with Crippen molar-refractivity contribution >= 4 is 17.2 Å². The number of nitro benzene ring substituents is 2. The van der Waals surface area contributed by atoms with Crippen LogP contribution in [0.5, 0.6) is 0 Å². The van der Waals surface area contributed by atoms with Gasteiger partial charge in [0.15, 0.2) is 5.78 Å². The second kappa shape index (κ2) is 5.27. The number of ketones is 1. The summed E-state index contributed by atoms with van der Waals surface area (Å²) in [6.45, 7) is 0. The van der Waals surface area contributed by atoms with E-state index in [-0.39, 0.29) is 11.1 Å². The van der Waals surface area contributed by atoms with Crippen molar-refractivity contribution < 1.29 is 14.6 Å². The smallest absolute Gasteiger partial charge is 0.288 e. The molecule has 2 rings (SSSR count). The van der Waals surface area contributed by atoms with E-state index >= 15 is 0 Å². The molecule has 0 aliphatic rings. The van der Waals surface area contributed by atoms with E-state index in [2.05, 4.69) is 0 Å². The van der Waals surface area contributed by atoms with E-state index in [0.29, 0.717) is 0 Å². The summed E-state index contributed by atoms with van der Waals surface area (Å²) in [5.41, 5.74) is -1.55. The first-order chi connectivity index (χ1) is 9.52. The summed E-state index contributed by atoms with van der Waals surface area (Å²) in [4.78, 5) is 32.3. The van der Waals surface area contributed by atoms with Crippen LogP contribution in [0.1, 0.15) is 15.9 Å². The lowest BCUT2D eigenvalue weighted by Gasteiger charge is -2.02. The standard InChI is InChI=1S/C13H8N2O5/c16-13(9-5-2-1-3-6-9)10-7-4-8-11(14(17)18)12(10)15(19)20/h1-8H. The first-order valence-corrected chi connectivity index (χ1v) is 5.54. The van der Waals surface area contributed by atoms with E-state index in [0.717, 1.165) is 6.07 Å². The molecule has 0 unspecified atom stereocenters. The largest absolute Gasteiger partial charge is 0.357 e. The SMILES string of the molecule is O=C(c1ccccc1)c1cccc([N+](=O)[O-])c1[N+](=O)[O-]. The highest BCUT2D eigenvalue weighted by Crippen LogP contribution is 2.31. The van der Waals surface area contributed by atoms with Crippen LogP contribution in [0.15, 0.2) is 48.5 Å². The van der Waals surface area contributed by atoms with Crippen LogP contribution >= 0.6 is 0 Å². The zero-order valence-electron chi connectivity index (χ0n) is 10.1. The monoisotopic (exact) mass is 272 g/mol. The second-order valence-electron chi connectivity index (χ2n) is 3.88. The second-order valence-corrected chi connectivity index (χ2v) is 3.88. The van der Waals surface area contributed by atoms with Crippen molar-refractivity contribution in [1.82, 2.24) is 0 Å². The van der Waals surface area contributed by atoms with Gasteiger partial charge in [0, 0.05) is 11.6 Å². The Labute approximate surface area is 112 Å². The minimum absolute atomic E-state index is 0.232. The third kappa shape index (κ3) is 2.37. The van der Waals surface area contributed by atoms with Gasteiger partial charge < -0.3 is 0 Å². The van der Waals surface area contributed by atoms with Crippen molar-refractivity contribution in [2.75, 3.05) is 0 Å². The molecule has 0 aliphatic heterocycles. The van der Waals surface area contributed by atoms with Gasteiger partial charge in [-0.1, -0.05) is 36.4 Å². The van der Waals surface area contributed by atoms with Crippen LogP contribution in [0.2, 0.25) is 0 Å². The molecule has 7 heteroatoms. The Morgan fingerprint density at radius 3 is 2.05 bits per heavy atom. The molecule has 0 bridgehead atoms. The molecule has 0 N–H and O–H groups in total. The Morgan fingerprint density at radius 1 is 0.850 bits per heavy atom. The highest BCUT2D eigenvalue weighted by atomic mass is 16.6. The number of rotatable bonds is 4. The summed E-state index contributed by atoms with van der Waals surface area (Å²) in [6, 6.07) is 11.4. The minimum Gasteiger partial charge on any atom is -0.288 e. The predicted molar refractivity (Wildman–Crippen MR) is 69.6 cm³/mol. The maximum absolute atomic E-state index is 12.2. The van der Waals surface area contributed by atoms with Crippen LogP contribution in [0.25, 0.3) is 0 Å².